The van der Waals surface area contributed by atoms with Crippen molar-refractivity contribution in [3.8, 4) is 16.9 Å². The molecule has 4 rings (SSSR count). The normalized spacial score (nSPS) is 11.0. The number of rotatable bonds is 5. The lowest BCUT2D eigenvalue weighted by Crippen LogP contribution is -2.17. The Bertz CT molecular complexity index is 1200. The molecule has 5 nitrogen and oxygen atoms in total. The van der Waals surface area contributed by atoms with Gasteiger partial charge in [0.05, 0.1) is 11.9 Å². The summed E-state index contributed by atoms with van der Waals surface area (Å²) in [7, 11) is 0. The number of nitrogens with one attached hydrogen (secondary N) is 1. The fraction of sp³-hybridized carbons (Fsp3) is 0.0417. The minimum Gasteiger partial charge on any atom is -0.267 e. The lowest BCUT2D eigenvalue weighted by molar-refractivity contribution is 0.0955. The van der Waals surface area contributed by atoms with Gasteiger partial charge >= 0.3 is 0 Å². The average Bonchev–Trinajstić information content (AvgIpc) is 3.19. The monoisotopic (exact) mass is 414 g/mol. The molecule has 1 N–H and O–H groups in total. The van der Waals surface area contributed by atoms with E-state index in [2.05, 4.69) is 16.6 Å². The Labute approximate surface area is 179 Å². The number of hydrazone groups is 1. The van der Waals surface area contributed by atoms with Gasteiger partial charge in [0.15, 0.2) is 0 Å². The van der Waals surface area contributed by atoms with Crippen LogP contribution in [0.25, 0.3) is 16.9 Å². The molecule has 6 heteroatoms. The van der Waals surface area contributed by atoms with Gasteiger partial charge < -0.3 is 0 Å². The number of carbonyl (C=O) groups excluding carboxylic acids is 1. The van der Waals surface area contributed by atoms with Gasteiger partial charge in [0, 0.05) is 27.9 Å². The number of para-hydroxylation sites is 1. The molecule has 0 spiro atoms. The van der Waals surface area contributed by atoms with Gasteiger partial charge in [-0.1, -0.05) is 53.6 Å². The van der Waals surface area contributed by atoms with E-state index >= 15 is 0 Å². The van der Waals surface area contributed by atoms with Crippen LogP contribution >= 0.6 is 11.6 Å². The standard InChI is InChI=1S/C24H19ClN4O/c1-17-6-5-7-19(14-17)23-20(16-29(28-23)22-8-3-2-4-9-22)15-26-27-24(30)18-10-12-21(25)13-11-18/h2-16H,1H3,(H,27,30). The summed E-state index contributed by atoms with van der Waals surface area (Å²) < 4.78 is 1.81. The van der Waals surface area contributed by atoms with Crippen molar-refractivity contribution in [2.24, 2.45) is 5.10 Å². The fourth-order valence-electron chi connectivity index (χ4n) is 3.04. The summed E-state index contributed by atoms with van der Waals surface area (Å²) >= 11 is 5.87. The molecule has 0 saturated carbocycles. The van der Waals surface area contributed by atoms with Crippen LogP contribution in [-0.4, -0.2) is 21.9 Å². The highest BCUT2D eigenvalue weighted by molar-refractivity contribution is 6.30. The summed E-state index contributed by atoms with van der Waals surface area (Å²) in [5.74, 6) is -0.310. The number of aryl methyl sites for hydroxylation is 1. The molecule has 1 amide bonds. The average molecular weight is 415 g/mol. The Morgan fingerprint density at radius 3 is 2.53 bits per heavy atom. The number of nitrogens with zero attached hydrogens (tertiary/aromatic N) is 3. The van der Waals surface area contributed by atoms with Crippen LogP contribution in [0.4, 0.5) is 0 Å². The molecule has 30 heavy (non-hydrogen) atoms. The zero-order valence-corrected chi connectivity index (χ0v) is 17.0. The quantitative estimate of drug-likeness (QED) is 0.357. The summed E-state index contributed by atoms with van der Waals surface area (Å²) in [4.78, 5) is 12.3. The smallest absolute Gasteiger partial charge is 0.267 e. The highest BCUT2D eigenvalue weighted by atomic mass is 35.5. The zero-order chi connectivity index (χ0) is 20.9. The molecule has 0 aliphatic carbocycles. The highest BCUT2D eigenvalue weighted by Crippen LogP contribution is 2.23. The molecule has 0 aliphatic heterocycles. The Kier molecular flexibility index (Phi) is 5.72. The molecule has 1 heterocycles. The van der Waals surface area contributed by atoms with E-state index in [0.29, 0.717) is 10.6 Å². The lowest BCUT2D eigenvalue weighted by atomic mass is 10.1. The second-order valence-corrected chi connectivity index (χ2v) is 7.23. The van der Waals surface area contributed by atoms with Crippen molar-refractivity contribution in [1.29, 1.82) is 0 Å². The first-order chi connectivity index (χ1) is 14.6. The van der Waals surface area contributed by atoms with Crippen molar-refractivity contribution < 1.29 is 4.79 Å². The topological polar surface area (TPSA) is 59.3 Å². The van der Waals surface area contributed by atoms with Crippen molar-refractivity contribution in [2.45, 2.75) is 6.92 Å². The summed E-state index contributed by atoms with van der Waals surface area (Å²) in [6.45, 7) is 2.04. The Morgan fingerprint density at radius 1 is 1.03 bits per heavy atom. The summed E-state index contributed by atoms with van der Waals surface area (Å²) in [5.41, 5.74) is 7.68. The summed E-state index contributed by atoms with van der Waals surface area (Å²) in [6.07, 6.45) is 3.50. The van der Waals surface area contributed by atoms with Crippen LogP contribution < -0.4 is 5.43 Å². The summed E-state index contributed by atoms with van der Waals surface area (Å²) in [6, 6.07) is 24.6. The maximum atomic E-state index is 12.3. The van der Waals surface area contributed by atoms with Gasteiger partial charge in [0.25, 0.3) is 5.91 Å². The molecular weight excluding hydrogens is 396 g/mol. The third-order valence-corrected chi connectivity index (χ3v) is 4.78. The second-order valence-electron chi connectivity index (χ2n) is 6.79. The summed E-state index contributed by atoms with van der Waals surface area (Å²) in [5, 5.41) is 9.48. The Balaban J connectivity index is 1.64. The van der Waals surface area contributed by atoms with Gasteiger partial charge in [-0.25, -0.2) is 10.1 Å². The van der Waals surface area contributed by atoms with E-state index < -0.39 is 0 Å². The first-order valence-electron chi connectivity index (χ1n) is 9.41. The van der Waals surface area contributed by atoms with Gasteiger partial charge in [-0.15, -0.1) is 0 Å². The number of aromatic nitrogens is 2. The molecule has 4 aromatic rings. The predicted octanol–water partition coefficient (Wildman–Crippen LogP) is 5.27. The Hall–Kier alpha value is -3.70. The SMILES string of the molecule is Cc1cccc(-c2nn(-c3ccccc3)cc2C=NNC(=O)c2ccc(Cl)cc2)c1. The van der Waals surface area contributed by atoms with Crippen molar-refractivity contribution in [3.63, 3.8) is 0 Å². The Morgan fingerprint density at radius 2 is 1.80 bits per heavy atom. The van der Waals surface area contributed by atoms with Gasteiger partial charge in [0.2, 0.25) is 0 Å². The van der Waals surface area contributed by atoms with Gasteiger partial charge in [-0.05, 0) is 49.4 Å². The van der Waals surface area contributed by atoms with Gasteiger partial charge in [-0.2, -0.15) is 10.2 Å². The molecule has 0 aliphatic rings. The third kappa shape index (κ3) is 4.47. The molecule has 0 radical (unpaired) electrons. The van der Waals surface area contributed by atoms with E-state index in [1.807, 2.05) is 61.7 Å². The molecule has 3 aromatic carbocycles. The predicted molar refractivity (Wildman–Crippen MR) is 120 cm³/mol. The molecule has 0 fully saturated rings. The molecule has 0 unspecified atom stereocenters. The number of carbonyl (C=O) groups is 1. The minimum atomic E-state index is -0.310. The largest absolute Gasteiger partial charge is 0.271 e. The van der Waals surface area contributed by atoms with E-state index in [9.17, 15) is 4.79 Å². The number of hydrogen-bond acceptors (Lipinski definition) is 3. The van der Waals surface area contributed by atoms with Crippen LogP contribution in [-0.2, 0) is 0 Å². The highest BCUT2D eigenvalue weighted by Gasteiger charge is 2.12. The molecule has 0 atom stereocenters. The molecular formula is C24H19ClN4O. The van der Waals surface area contributed by atoms with Crippen molar-refractivity contribution >= 4 is 23.7 Å². The van der Waals surface area contributed by atoms with Crippen molar-refractivity contribution in [1.82, 2.24) is 15.2 Å². The molecule has 148 valence electrons. The van der Waals surface area contributed by atoms with Crippen LogP contribution in [0.5, 0.6) is 0 Å². The van der Waals surface area contributed by atoms with E-state index in [-0.39, 0.29) is 5.91 Å². The maximum Gasteiger partial charge on any atom is 0.271 e. The molecule has 1 aromatic heterocycles. The zero-order valence-electron chi connectivity index (χ0n) is 16.3. The van der Waals surface area contributed by atoms with Crippen LogP contribution in [0.15, 0.2) is 90.2 Å². The first kappa shape index (κ1) is 19.6. The van der Waals surface area contributed by atoms with Gasteiger partial charge in [0.1, 0.15) is 5.69 Å². The van der Waals surface area contributed by atoms with E-state index in [4.69, 9.17) is 16.7 Å². The van der Waals surface area contributed by atoms with Crippen LogP contribution in [0.3, 0.4) is 0 Å². The van der Waals surface area contributed by atoms with Gasteiger partial charge in [-0.3, -0.25) is 4.79 Å². The number of halogens is 1. The van der Waals surface area contributed by atoms with Crippen LogP contribution in [0.2, 0.25) is 5.02 Å². The van der Waals surface area contributed by atoms with Crippen molar-refractivity contribution in [2.75, 3.05) is 0 Å². The third-order valence-electron chi connectivity index (χ3n) is 4.53. The lowest BCUT2D eigenvalue weighted by Gasteiger charge is -2.02. The van der Waals surface area contributed by atoms with Crippen LogP contribution in [0.1, 0.15) is 21.5 Å². The second kappa shape index (κ2) is 8.76. The van der Waals surface area contributed by atoms with Crippen molar-refractivity contribution in [3.05, 3.63) is 107 Å². The van der Waals surface area contributed by atoms with E-state index in [1.54, 1.807) is 35.2 Å². The number of hydrogen-bond donors (Lipinski definition) is 1. The molecule has 0 bridgehead atoms. The maximum absolute atomic E-state index is 12.3. The minimum absolute atomic E-state index is 0.310. The fourth-order valence-corrected chi connectivity index (χ4v) is 3.16. The van der Waals surface area contributed by atoms with E-state index in [1.165, 1.54) is 0 Å². The van der Waals surface area contributed by atoms with E-state index in [0.717, 1.165) is 28.1 Å². The van der Waals surface area contributed by atoms with Crippen LogP contribution in [0, 0.1) is 6.92 Å². The number of amides is 1. The molecule has 0 saturated heterocycles. The number of benzene rings is 3. The first-order valence-corrected chi connectivity index (χ1v) is 9.79.